The Hall–Kier alpha value is -3.43. The van der Waals surface area contributed by atoms with Crippen LogP contribution in [0.4, 0.5) is 9.52 Å². The lowest BCUT2D eigenvalue weighted by Gasteiger charge is -2.24. The van der Waals surface area contributed by atoms with Gasteiger partial charge in [0.25, 0.3) is 5.91 Å². The number of fused-ring (bicyclic) bond motifs is 1. The Morgan fingerprint density at radius 2 is 1.82 bits per heavy atom. The van der Waals surface area contributed by atoms with Crippen LogP contribution in [0.1, 0.15) is 43.1 Å². The lowest BCUT2D eigenvalue weighted by molar-refractivity contribution is -0.117. The average Bonchev–Trinajstić information content (AvgIpc) is 3.42. The van der Waals surface area contributed by atoms with Gasteiger partial charge in [0.1, 0.15) is 11.9 Å². The Labute approximate surface area is 203 Å². The molecule has 0 spiro atoms. The third-order valence-corrected chi connectivity index (χ3v) is 7.86. The first-order valence-electron chi connectivity index (χ1n) is 10.5. The normalized spacial score (nSPS) is 16.2. The fourth-order valence-corrected chi connectivity index (χ4v) is 6.39. The van der Waals surface area contributed by atoms with Gasteiger partial charge in [-0.3, -0.25) is 14.5 Å². The molecular weight excluding hydrogens is 473 g/mol. The number of ketones is 1. The second-order valence-electron chi connectivity index (χ2n) is 8.26. The number of aromatic nitrogens is 2. The summed E-state index contributed by atoms with van der Waals surface area (Å²) in [6.45, 7) is 7.37. The van der Waals surface area contributed by atoms with Crippen LogP contribution < -0.4 is 4.90 Å². The summed E-state index contributed by atoms with van der Waals surface area (Å²) >= 11 is 2.44. The molecule has 172 valence electrons. The van der Waals surface area contributed by atoms with Crippen LogP contribution >= 0.6 is 22.7 Å². The molecule has 1 atom stereocenters. The number of carbonyl (C=O) groups is 2. The molecule has 6 nitrogen and oxygen atoms in total. The molecule has 0 bridgehead atoms. The molecule has 2 aromatic heterocycles. The standard InChI is InChI=1S/C25H20FN3O3S2/c1-11-9-12(2)19-17(10-11)34-25(28-19)29-20(15-7-5-6-8-16(15)26)18(22(31)24(29)32)21(30)23-13(3)27-14(4)33-23/h5-10,20,31H,1-4H3. The minimum absolute atomic E-state index is 0.106. The number of amides is 1. The first kappa shape index (κ1) is 22.4. The number of aliphatic hydroxyl groups is 1. The van der Waals surface area contributed by atoms with Crippen molar-refractivity contribution in [1.29, 1.82) is 0 Å². The topological polar surface area (TPSA) is 83.4 Å². The number of anilines is 1. The molecule has 34 heavy (non-hydrogen) atoms. The molecule has 0 fully saturated rings. The zero-order chi connectivity index (χ0) is 24.3. The number of Topliss-reactive ketones (excluding diaryl/α,β-unsaturated/α-hetero) is 1. The third kappa shape index (κ3) is 3.43. The van der Waals surface area contributed by atoms with Crippen molar-refractivity contribution < 1.29 is 19.1 Å². The number of aliphatic hydroxyl groups excluding tert-OH is 1. The Balaban J connectivity index is 1.72. The van der Waals surface area contributed by atoms with Crippen LogP contribution in [0.15, 0.2) is 47.7 Å². The lowest BCUT2D eigenvalue weighted by Crippen LogP contribution is -2.31. The van der Waals surface area contributed by atoms with E-state index in [2.05, 4.69) is 9.97 Å². The molecule has 1 aliphatic heterocycles. The summed E-state index contributed by atoms with van der Waals surface area (Å²) < 4.78 is 15.9. The number of thiazole rings is 2. The number of benzene rings is 2. The van der Waals surface area contributed by atoms with E-state index in [4.69, 9.17) is 0 Å². The maximum absolute atomic E-state index is 15.0. The third-order valence-electron chi connectivity index (χ3n) is 5.79. The molecule has 3 heterocycles. The zero-order valence-electron chi connectivity index (χ0n) is 18.8. The molecule has 0 saturated heterocycles. The van der Waals surface area contributed by atoms with Gasteiger partial charge in [0, 0.05) is 5.56 Å². The minimum atomic E-state index is -1.16. The molecule has 1 amide bonds. The van der Waals surface area contributed by atoms with Crippen molar-refractivity contribution >= 4 is 49.7 Å². The molecule has 9 heteroatoms. The maximum Gasteiger partial charge on any atom is 0.296 e. The zero-order valence-corrected chi connectivity index (χ0v) is 20.5. The summed E-state index contributed by atoms with van der Waals surface area (Å²) in [6, 6.07) is 8.74. The second kappa shape index (κ2) is 8.11. The predicted octanol–water partition coefficient (Wildman–Crippen LogP) is 5.91. The number of hydrogen-bond donors (Lipinski definition) is 1. The Kier molecular flexibility index (Phi) is 5.33. The lowest BCUT2D eigenvalue weighted by atomic mass is 9.95. The number of carbonyl (C=O) groups excluding carboxylic acids is 2. The SMILES string of the molecule is Cc1cc(C)c2nc(N3C(=O)C(O)=C(C(=O)c4sc(C)nc4C)C3c3ccccc3F)sc2c1. The van der Waals surface area contributed by atoms with Gasteiger partial charge in [-0.2, -0.15) is 0 Å². The van der Waals surface area contributed by atoms with E-state index < -0.39 is 29.3 Å². The van der Waals surface area contributed by atoms with Crippen molar-refractivity contribution in [2.45, 2.75) is 33.7 Å². The van der Waals surface area contributed by atoms with E-state index in [1.54, 1.807) is 19.9 Å². The van der Waals surface area contributed by atoms with Crippen molar-refractivity contribution in [2.75, 3.05) is 4.90 Å². The van der Waals surface area contributed by atoms with Crippen molar-refractivity contribution in [3.63, 3.8) is 0 Å². The van der Waals surface area contributed by atoms with E-state index >= 15 is 4.39 Å². The van der Waals surface area contributed by atoms with Gasteiger partial charge in [-0.1, -0.05) is 35.6 Å². The minimum Gasteiger partial charge on any atom is -0.503 e. The molecule has 0 saturated carbocycles. The second-order valence-corrected chi connectivity index (χ2v) is 10.5. The molecule has 0 aliphatic carbocycles. The van der Waals surface area contributed by atoms with Crippen LogP contribution in [0.5, 0.6) is 0 Å². The number of aryl methyl sites for hydroxylation is 4. The molecule has 1 aliphatic rings. The monoisotopic (exact) mass is 493 g/mol. The van der Waals surface area contributed by atoms with Gasteiger partial charge in [0.05, 0.1) is 31.4 Å². The van der Waals surface area contributed by atoms with Crippen molar-refractivity contribution in [2.24, 2.45) is 0 Å². The van der Waals surface area contributed by atoms with Crippen molar-refractivity contribution in [3.05, 3.63) is 85.8 Å². The quantitative estimate of drug-likeness (QED) is 0.358. The Bertz CT molecular complexity index is 1540. The van der Waals surface area contributed by atoms with Crippen LogP contribution in [0, 0.1) is 33.5 Å². The highest BCUT2D eigenvalue weighted by Crippen LogP contribution is 2.45. The van der Waals surface area contributed by atoms with Crippen LogP contribution in [-0.4, -0.2) is 26.8 Å². The smallest absolute Gasteiger partial charge is 0.296 e. The number of nitrogens with zero attached hydrogens (tertiary/aromatic N) is 3. The largest absolute Gasteiger partial charge is 0.503 e. The Morgan fingerprint density at radius 1 is 1.09 bits per heavy atom. The Morgan fingerprint density at radius 3 is 2.50 bits per heavy atom. The van der Waals surface area contributed by atoms with E-state index in [1.165, 1.54) is 45.8 Å². The highest BCUT2D eigenvalue weighted by molar-refractivity contribution is 7.22. The first-order chi connectivity index (χ1) is 16.2. The summed E-state index contributed by atoms with van der Waals surface area (Å²) in [5, 5.41) is 11.9. The highest BCUT2D eigenvalue weighted by Gasteiger charge is 2.47. The van der Waals surface area contributed by atoms with Gasteiger partial charge in [0.2, 0.25) is 5.78 Å². The van der Waals surface area contributed by atoms with Gasteiger partial charge >= 0.3 is 0 Å². The number of halogens is 1. The van der Waals surface area contributed by atoms with Crippen molar-refractivity contribution in [3.8, 4) is 0 Å². The summed E-state index contributed by atoms with van der Waals surface area (Å²) in [5.41, 5.74) is 3.14. The van der Waals surface area contributed by atoms with Gasteiger partial charge < -0.3 is 5.11 Å². The van der Waals surface area contributed by atoms with E-state index in [0.29, 0.717) is 15.6 Å². The van der Waals surface area contributed by atoms with Crippen LogP contribution in [0.3, 0.4) is 0 Å². The fraction of sp³-hybridized carbons (Fsp3) is 0.200. The van der Waals surface area contributed by atoms with E-state index in [9.17, 15) is 14.7 Å². The molecule has 1 unspecified atom stereocenters. The summed E-state index contributed by atoms with van der Waals surface area (Å²) in [5.74, 6) is -2.62. The molecule has 4 aromatic rings. The highest BCUT2D eigenvalue weighted by atomic mass is 32.1. The van der Waals surface area contributed by atoms with Gasteiger partial charge in [0.15, 0.2) is 10.9 Å². The van der Waals surface area contributed by atoms with Crippen LogP contribution in [-0.2, 0) is 4.79 Å². The summed E-state index contributed by atoms with van der Waals surface area (Å²) in [4.78, 5) is 37.5. The van der Waals surface area contributed by atoms with Crippen LogP contribution in [0.25, 0.3) is 10.2 Å². The predicted molar refractivity (Wildman–Crippen MR) is 131 cm³/mol. The van der Waals surface area contributed by atoms with E-state index in [1.807, 2.05) is 26.0 Å². The molecule has 2 aromatic carbocycles. The van der Waals surface area contributed by atoms with Crippen LogP contribution in [0.2, 0.25) is 0 Å². The summed E-state index contributed by atoms with van der Waals surface area (Å²) in [6.07, 6.45) is 0. The molecule has 5 rings (SSSR count). The van der Waals surface area contributed by atoms with E-state index in [0.717, 1.165) is 21.3 Å². The van der Waals surface area contributed by atoms with Gasteiger partial charge in [-0.25, -0.2) is 14.4 Å². The molecular formula is C25H20FN3O3S2. The van der Waals surface area contributed by atoms with Gasteiger partial charge in [-0.15, -0.1) is 11.3 Å². The fourth-order valence-electron chi connectivity index (χ4n) is 4.35. The summed E-state index contributed by atoms with van der Waals surface area (Å²) in [7, 11) is 0. The number of rotatable bonds is 4. The molecule has 0 radical (unpaired) electrons. The van der Waals surface area contributed by atoms with E-state index in [-0.39, 0.29) is 16.3 Å². The van der Waals surface area contributed by atoms with Crippen molar-refractivity contribution in [1.82, 2.24) is 9.97 Å². The first-order valence-corrected chi connectivity index (χ1v) is 12.2. The average molecular weight is 494 g/mol. The molecule has 1 N–H and O–H groups in total. The maximum atomic E-state index is 15.0. The number of hydrogen-bond acceptors (Lipinski definition) is 7. The van der Waals surface area contributed by atoms with Gasteiger partial charge in [-0.05, 0) is 51.0 Å².